The first kappa shape index (κ1) is 13.8. The maximum atomic E-state index is 5.45. The van der Waals surface area contributed by atoms with E-state index < -0.39 is 0 Å². The van der Waals surface area contributed by atoms with Crippen LogP contribution in [-0.2, 0) is 0 Å². The molecule has 1 heterocycles. The summed E-state index contributed by atoms with van der Waals surface area (Å²) in [4.78, 5) is 0. The zero-order chi connectivity index (χ0) is 13.1. The molecule has 3 nitrogen and oxygen atoms in total. The minimum absolute atomic E-state index is 0.426. The molecule has 102 valence electrons. The third-order valence-electron chi connectivity index (χ3n) is 4.19. The first-order valence-corrected chi connectivity index (χ1v) is 7.72. The van der Waals surface area contributed by atoms with Crippen molar-refractivity contribution in [2.24, 2.45) is 5.92 Å². The first-order valence-electron chi connectivity index (χ1n) is 7.32. The largest absolute Gasteiger partial charge is 0.301 e. The Bertz CT molecular complexity index is 426. The predicted molar refractivity (Wildman–Crippen MR) is 77.4 cm³/mol. The Hall–Kier alpha value is -0.640. The van der Waals surface area contributed by atoms with Gasteiger partial charge >= 0.3 is 0 Å². The van der Waals surface area contributed by atoms with Crippen LogP contribution in [-0.4, -0.2) is 14.8 Å². The van der Waals surface area contributed by atoms with Crippen LogP contribution >= 0.6 is 12.2 Å². The average molecular weight is 267 g/mol. The molecule has 0 aromatic carbocycles. The molecule has 1 aliphatic carbocycles. The summed E-state index contributed by atoms with van der Waals surface area (Å²) in [5, 5.41) is 7.41. The zero-order valence-electron chi connectivity index (χ0n) is 11.8. The van der Waals surface area contributed by atoms with Gasteiger partial charge in [0.05, 0.1) is 0 Å². The second-order valence-corrected chi connectivity index (χ2v) is 6.17. The molecule has 1 aromatic rings. The van der Waals surface area contributed by atoms with Gasteiger partial charge in [0, 0.05) is 12.0 Å². The van der Waals surface area contributed by atoms with Crippen LogP contribution in [0.3, 0.4) is 0 Å². The topological polar surface area (TPSA) is 33.6 Å². The van der Waals surface area contributed by atoms with Gasteiger partial charge in [-0.2, -0.15) is 5.10 Å². The average Bonchev–Trinajstić information content (AvgIpc) is 2.74. The van der Waals surface area contributed by atoms with Crippen molar-refractivity contribution in [1.82, 2.24) is 14.8 Å². The van der Waals surface area contributed by atoms with Crippen LogP contribution in [0.5, 0.6) is 0 Å². The molecule has 1 aromatic heterocycles. The fourth-order valence-electron chi connectivity index (χ4n) is 3.29. The number of nitrogens with one attached hydrogen (secondary N) is 1. The standard InChI is InChI=1S/C14H25N3S/c1-4-12(11-8-6-5-7-9-11)17-13(10(2)3)15-16-14(17)18/h10-12H,4-9H2,1-3H3,(H,16,18). The van der Waals surface area contributed by atoms with Crippen molar-refractivity contribution in [2.75, 3.05) is 0 Å². The molecular weight excluding hydrogens is 242 g/mol. The quantitative estimate of drug-likeness (QED) is 0.809. The number of H-pyrrole nitrogens is 1. The van der Waals surface area contributed by atoms with Crippen molar-refractivity contribution in [2.45, 2.75) is 71.3 Å². The molecule has 2 rings (SSSR count). The Balaban J connectivity index is 2.31. The summed E-state index contributed by atoms with van der Waals surface area (Å²) in [5.74, 6) is 2.33. The van der Waals surface area contributed by atoms with E-state index in [2.05, 4.69) is 35.5 Å². The third kappa shape index (κ3) is 2.68. The van der Waals surface area contributed by atoms with Crippen LogP contribution in [0.1, 0.15) is 77.1 Å². The highest BCUT2D eigenvalue weighted by atomic mass is 32.1. The van der Waals surface area contributed by atoms with E-state index in [9.17, 15) is 0 Å². The molecule has 4 heteroatoms. The number of nitrogens with zero attached hydrogens (tertiary/aromatic N) is 2. The van der Waals surface area contributed by atoms with Crippen LogP contribution in [0, 0.1) is 10.7 Å². The van der Waals surface area contributed by atoms with E-state index in [1.807, 2.05) is 0 Å². The van der Waals surface area contributed by atoms with Crippen molar-refractivity contribution in [3.63, 3.8) is 0 Å². The number of hydrogen-bond donors (Lipinski definition) is 1. The van der Waals surface area contributed by atoms with Crippen LogP contribution < -0.4 is 0 Å². The SMILES string of the molecule is CCC(C1CCCCC1)n1c(C(C)C)n[nH]c1=S. The molecule has 1 N–H and O–H groups in total. The lowest BCUT2D eigenvalue weighted by atomic mass is 9.82. The van der Waals surface area contributed by atoms with E-state index in [-0.39, 0.29) is 0 Å². The van der Waals surface area contributed by atoms with Crippen molar-refractivity contribution in [3.8, 4) is 0 Å². The normalized spacial score (nSPS) is 19.3. The van der Waals surface area contributed by atoms with Crippen molar-refractivity contribution in [3.05, 3.63) is 10.6 Å². The molecule has 0 radical (unpaired) electrons. The first-order chi connectivity index (χ1) is 8.65. The van der Waals surface area contributed by atoms with Crippen LogP contribution in [0.4, 0.5) is 0 Å². The fourth-order valence-corrected chi connectivity index (χ4v) is 3.56. The van der Waals surface area contributed by atoms with Gasteiger partial charge in [0.25, 0.3) is 0 Å². The van der Waals surface area contributed by atoms with Gasteiger partial charge in [-0.15, -0.1) is 0 Å². The van der Waals surface area contributed by atoms with Crippen LogP contribution in [0.15, 0.2) is 0 Å². The summed E-state index contributed by atoms with van der Waals surface area (Å²) in [6, 6.07) is 0.536. The van der Waals surface area contributed by atoms with Gasteiger partial charge in [0.1, 0.15) is 5.82 Å². The molecule has 1 aliphatic rings. The third-order valence-corrected chi connectivity index (χ3v) is 4.48. The van der Waals surface area contributed by atoms with E-state index in [1.165, 1.54) is 32.1 Å². The lowest BCUT2D eigenvalue weighted by Gasteiger charge is -2.31. The second-order valence-electron chi connectivity index (χ2n) is 5.79. The summed E-state index contributed by atoms with van der Waals surface area (Å²) in [6.07, 6.45) is 8.01. The van der Waals surface area contributed by atoms with Gasteiger partial charge < -0.3 is 4.57 Å². The maximum absolute atomic E-state index is 5.45. The van der Waals surface area contributed by atoms with Crippen LogP contribution in [0.25, 0.3) is 0 Å². The molecular formula is C14H25N3S. The Kier molecular flexibility index (Phi) is 4.60. The Morgan fingerprint density at radius 2 is 2.00 bits per heavy atom. The molecule has 0 amide bonds. The maximum Gasteiger partial charge on any atom is 0.195 e. The van der Waals surface area contributed by atoms with Crippen molar-refractivity contribution in [1.29, 1.82) is 0 Å². The molecule has 1 fully saturated rings. The van der Waals surface area contributed by atoms with Gasteiger partial charge in [-0.25, -0.2) is 0 Å². The smallest absolute Gasteiger partial charge is 0.195 e. The summed E-state index contributed by atoms with van der Waals surface area (Å²) < 4.78 is 3.10. The summed E-state index contributed by atoms with van der Waals surface area (Å²) in [7, 11) is 0. The molecule has 0 bridgehead atoms. The Labute approximate surface area is 115 Å². The number of hydrogen-bond acceptors (Lipinski definition) is 2. The molecule has 1 unspecified atom stereocenters. The molecule has 1 saturated carbocycles. The zero-order valence-corrected chi connectivity index (χ0v) is 12.6. The lowest BCUT2D eigenvalue weighted by Crippen LogP contribution is -2.23. The molecule has 0 saturated heterocycles. The van der Waals surface area contributed by atoms with Crippen LogP contribution in [0.2, 0.25) is 0 Å². The molecule has 1 atom stereocenters. The second kappa shape index (κ2) is 6.00. The highest BCUT2D eigenvalue weighted by molar-refractivity contribution is 7.71. The van der Waals surface area contributed by atoms with Crippen molar-refractivity contribution >= 4 is 12.2 Å². The predicted octanol–water partition coefficient (Wildman–Crippen LogP) is 4.60. The number of aromatic nitrogens is 3. The summed E-state index contributed by atoms with van der Waals surface area (Å²) in [6.45, 7) is 6.65. The van der Waals surface area contributed by atoms with Gasteiger partial charge in [0.15, 0.2) is 4.77 Å². The molecule has 0 spiro atoms. The molecule has 18 heavy (non-hydrogen) atoms. The minimum atomic E-state index is 0.426. The van der Waals surface area contributed by atoms with Gasteiger partial charge in [-0.05, 0) is 37.4 Å². The van der Waals surface area contributed by atoms with Gasteiger partial charge in [-0.1, -0.05) is 40.0 Å². The van der Waals surface area contributed by atoms with E-state index >= 15 is 0 Å². The van der Waals surface area contributed by atoms with E-state index in [0.717, 1.165) is 22.9 Å². The summed E-state index contributed by atoms with van der Waals surface area (Å²) in [5.41, 5.74) is 0. The minimum Gasteiger partial charge on any atom is -0.301 e. The lowest BCUT2D eigenvalue weighted by molar-refractivity contribution is 0.236. The van der Waals surface area contributed by atoms with E-state index in [1.54, 1.807) is 0 Å². The van der Waals surface area contributed by atoms with E-state index in [0.29, 0.717) is 12.0 Å². The number of aromatic amines is 1. The van der Waals surface area contributed by atoms with Crippen molar-refractivity contribution < 1.29 is 0 Å². The number of rotatable bonds is 4. The highest BCUT2D eigenvalue weighted by Gasteiger charge is 2.26. The fraction of sp³-hybridized carbons (Fsp3) is 0.857. The van der Waals surface area contributed by atoms with Gasteiger partial charge in [0.2, 0.25) is 0 Å². The highest BCUT2D eigenvalue weighted by Crippen LogP contribution is 2.36. The molecule has 0 aliphatic heterocycles. The monoisotopic (exact) mass is 267 g/mol. The summed E-state index contributed by atoms with van der Waals surface area (Å²) >= 11 is 5.45. The van der Waals surface area contributed by atoms with E-state index in [4.69, 9.17) is 12.2 Å². The Morgan fingerprint density at radius 3 is 2.56 bits per heavy atom. The van der Waals surface area contributed by atoms with Gasteiger partial charge in [-0.3, -0.25) is 5.10 Å². The Morgan fingerprint density at radius 1 is 1.33 bits per heavy atom.